The molecule has 98 valence electrons. The van der Waals surface area contributed by atoms with Crippen LogP contribution in [0.3, 0.4) is 0 Å². The second-order valence-corrected chi connectivity index (χ2v) is 7.86. The summed E-state index contributed by atoms with van der Waals surface area (Å²) in [6.45, 7) is 4.54. The van der Waals surface area contributed by atoms with Gasteiger partial charge in [0.25, 0.3) is 0 Å². The lowest BCUT2D eigenvalue weighted by molar-refractivity contribution is -0.0592. The highest BCUT2D eigenvalue weighted by atomic mass is 14.6. The van der Waals surface area contributed by atoms with E-state index >= 15 is 0 Å². The first-order valence-electron chi connectivity index (χ1n) is 7.82. The fraction of sp³-hybridized carbons (Fsp3) is 1.00. The second kappa shape index (κ2) is 4.26. The van der Waals surface area contributed by atoms with Crippen LogP contribution in [0.15, 0.2) is 0 Å². The van der Waals surface area contributed by atoms with Gasteiger partial charge in [0.15, 0.2) is 0 Å². The van der Waals surface area contributed by atoms with Crippen LogP contribution in [-0.2, 0) is 0 Å². The van der Waals surface area contributed by atoms with Gasteiger partial charge < -0.3 is 5.73 Å². The number of hydrogen-bond donors (Lipinski definition) is 1. The summed E-state index contributed by atoms with van der Waals surface area (Å²) >= 11 is 0. The molecular formula is C16H29N. The molecule has 0 aromatic rings. The van der Waals surface area contributed by atoms with Gasteiger partial charge in [-0.25, -0.2) is 0 Å². The van der Waals surface area contributed by atoms with Crippen LogP contribution in [0.4, 0.5) is 0 Å². The Morgan fingerprint density at radius 1 is 1.00 bits per heavy atom. The average Bonchev–Trinajstić information content (AvgIpc) is 2.24. The van der Waals surface area contributed by atoms with E-state index in [4.69, 9.17) is 5.73 Å². The maximum atomic E-state index is 6.25. The van der Waals surface area contributed by atoms with Crippen LogP contribution in [0.2, 0.25) is 0 Å². The molecule has 4 bridgehead atoms. The molecule has 0 aliphatic heterocycles. The van der Waals surface area contributed by atoms with Crippen LogP contribution in [-0.4, -0.2) is 6.04 Å². The highest BCUT2D eigenvalue weighted by Gasteiger charge is 2.50. The van der Waals surface area contributed by atoms with Crippen molar-refractivity contribution in [3.05, 3.63) is 0 Å². The lowest BCUT2D eigenvalue weighted by Gasteiger charge is -2.57. The fourth-order valence-electron chi connectivity index (χ4n) is 5.40. The van der Waals surface area contributed by atoms with Crippen molar-refractivity contribution in [1.29, 1.82) is 0 Å². The molecule has 1 unspecified atom stereocenters. The maximum absolute atomic E-state index is 6.25. The van der Waals surface area contributed by atoms with E-state index in [1.807, 2.05) is 0 Å². The van der Waals surface area contributed by atoms with Gasteiger partial charge in [-0.2, -0.15) is 0 Å². The first-order chi connectivity index (χ1) is 8.06. The molecule has 0 radical (unpaired) electrons. The summed E-state index contributed by atoms with van der Waals surface area (Å²) in [5, 5.41) is 0. The normalized spacial score (nSPS) is 45.5. The molecule has 4 aliphatic carbocycles. The standard InChI is InChI=1S/C16H29N/c1-11(2)15(17)3-4-16-8-12-5-13(9-16)7-14(6-12)10-16/h11-15H,3-10,17H2,1-2H3. The zero-order valence-corrected chi connectivity index (χ0v) is 11.6. The number of hydrogen-bond acceptors (Lipinski definition) is 1. The summed E-state index contributed by atoms with van der Waals surface area (Å²) in [6, 6.07) is 0.433. The predicted octanol–water partition coefficient (Wildman–Crippen LogP) is 3.97. The molecule has 4 fully saturated rings. The Hall–Kier alpha value is -0.0400. The Balaban J connectivity index is 1.62. The minimum absolute atomic E-state index is 0.433. The van der Waals surface area contributed by atoms with Crippen molar-refractivity contribution in [2.75, 3.05) is 0 Å². The lowest BCUT2D eigenvalue weighted by atomic mass is 9.48. The molecule has 1 heteroatoms. The van der Waals surface area contributed by atoms with Crippen molar-refractivity contribution < 1.29 is 0 Å². The van der Waals surface area contributed by atoms with Crippen molar-refractivity contribution in [3.8, 4) is 0 Å². The van der Waals surface area contributed by atoms with Gasteiger partial charge in [-0.3, -0.25) is 0 Å². The summed E-state index contributed by atoms with van der Waals surface area (Å²) < 4.78 is 0. The van der Waals surface area contributed by atoms with Crippen LogP contribution in [0.1, 0.15) is 65.2 Å². The summed E-state index contributed by atoms with van der Waals surface area (Å²) in [5.41, 5.74) is 6.98. The van der Waals surface area contributed by atoms with Crippen molar-refractivity contribution >= 4 is 0 Å². The van der Waals surface area contributed by atoms with Gasteiger partial charge in [0.2, 0.25) is 0 Å². The van der Waals surface area contributed by atoms with Crippen LogP contribution >= 0.6 is 0 Å². The smallest absolute Gasteiger partial charge is 0.00620 e. The Labute approximate surface area is 107 Å². The summed E-state index contributed by atoms with van der Waals surface area (Å²) in [5.74, 6) is 3.94. The monoisotopic (exact) mass is 235 g/mol. The molecular weight excluding hydrogens is 206 g/mol. The molecule has 4 aliphatic rings. The van der Waals surface area contributed by atoms with E-state index in [0.717, 1.165) is 23.2 Å². The molecule has 0 aromatic heterocycles. The van der Waals surface area contributed by atoms with E-state index in [1.54, 1.807) is 38.5 Å². The van der Waals surface area contributed by atoms with Gasteiger partial charge in [0.1, 0.15) is 0 Å². The average molecular weight is 235 g/mol. The van der Waals surface area contributed by atoms with Gasteiger partial charge >= 0.3 is 0 Å². The topological polar surface area (TPSA) is 26.0 Å². The third-order valence-corrected chi connectivity index (χ3v) is 6.03. The van der Waals surface area contributed by atoms with Crippen LogP contribution in [0.25, 0.3) is 0 Å². The molecule has 4 saturated carbocycles. The molecule has 1 atom stereocenters. The predicted molar refractivity (Wildman–Crippen MR) is 72.7 cm³/mol. The number of nitrogens with two attached hydrogens (primary N) is 1. The van der Waals surface area contributed by atoms with Crippen LogP contribution < -0.4 is 5.73 Å². The van der Waals surface area contributed by atoms with Crippen molar-refractivity contribution in [3.63, 3.8) is 0 Å². The van der Waals surface area contributed by atoms with E-state index in [-0.39, 0.29) is 0 Å². The Bertz CT molecular complexity index is 246. The maximum Gasteiger partial charge on any atom is 0.00620 e. The number of rotatable bonds is 4. The van der Waals surface area contributed by atoms with Crippen molar-refractivity contribution in [2.24, 2.45) is 34.8 Å². The van der Waals surface area contributed by atoms with Gasteiger partial charge in [-0.15, -0.1) is 0 Å². The minimum Gasteiger partial charge on any atom is -0.327 e. The molecule has 1 nitrogen and oxygen atoms in total. The SMILES string of the molecule is CC(C)C(N)CCC12CC3CC(CC(C3)C1)C2. The second-order valence-electron chi connectivity index (χ2n) is 7.86. The van der Waals surface area contributed by atoms with Gasteiger partial charge in [0.05, 0.1) is 0 Å². The third kappa shape index (κ3) is 2.28. The quantitative estimate of drug-likeness (QED) is 0.784. The zero-order valence-electron chi connectivity index (χ0n) is 11.6. The highest BCUT2D eigenvalue weighted by molar-refractivity contribution is 5.01. The summed E-state index contributed by atoms with van der Waals surface area (Å²) in [6.07, 6.45) is 12.0. The van der Waals surface area contributed by atoms with E-state index in [0.29, 0.717) is 12.0 Å². The highest BCUT2D eigenvalue weighted by Crippen LogP contribution is 2.61. The Morgan fingerprint density at radius 2 is 1.47 bits per heavy atom. The van der Waals surface area contributed by atoms with Gasteiger partial charge in [-0.05, 0) is 80.5 Å². The first-order valence-corrected chi connectivity index (χ1v) is 7.82. The van der Waals surface area contributed by atoms with Crippen molar-refractivity contribution in [1.82, 2.24) is 0 Å². The van der Waals surface area contributed by atoms with Gasteiger partial charge in [0, 0.05) is 6.04 Å². The Morgan fingerprint density at radius 3 is 1.88 bits per heavy atom. The first kappa shape index (κ1) is 12.0. The van der Waals surface area contributed by atoms with Crippen LogP contribution in [0.5, 0.6) is 0 Å². The summed E-state index contributed by atoms with van der Waals surface area (Å²) in [4.78, 5) is 0. The van der Waals surface area contributed by atoms with Crippen molar-refractivity contribution in [2.45, 2.75) is 71.3 Å². The molecule has 0 heterocycles. The third-order valence-electron chi connectivity index (χ3n) is 6.03. The van der Waals surface area contributed by atoms with E-state index in [2.05, 4.69) is 13.8 Å². The molecule has 2 N–H and O–H groups in total. The van der Waals surface area contributed by atoms with E-state index in [1.165, 1.54) is 12.8 Å². The minimum atomic E-state index is 0.433. The fourth-order valence-corrected chi connectivity index (χ4v) is 5.40. The van der Waals surface area contributed by atoms with Gasteiger partial charge in [-0.1, -0.05) is 13.8 Å². The Kier molecular flexibility index (Phi) is 3.01. The molecule has 17 heavy (non-hydrogen) atoms. The lowest BCUT2D eigenvalue weighted by Crippen LogP contribution is -2.46. The van der Waals surface area contributed by atoms with Crippen LogP contribution in [0, 0.1) is 29.1 Å². The van der Waals surface area contributed by atoms with E-state index in [9.17, 15) is 0 Å². The zero-order chi connectivity index (χ0) is 12.0. The molecule has 0 amide bonds. The molecule has 0 aromatic carbocycles. The van der Waals surface area contributed by atoms with E-state index < -0.39 is 0 Å². The molecule has 0 spiro atoms. The molecule has 4 rings (SSSR count). The largest absolute Gasteiger partial charge is 0.327 e. The molecule has 0 saturated heterocycles. The summed E-state index contributed by atoms with van der Waals surface area (Å²) in [7, 11) is 0.